The number of carbonyl (C=O) groups is 2. The molecular weight excluding hydrogens is 606 g/mol. The molecule has 0 spiro atoms. The molecule has 2 rings (SSSR count). The van der Waals surface area contributed by atoms with Crippen LogP contribution in [0.5, 0.6) is 11.5 Å². The minimum Gasteiger partial charge on any atom is -0.466 e. The zero-order valence-electron chi connectivity index (χ0n) is 27.4. The maximum atomic E-state index is 13.9. The van der Waals surface area contributed by atoms with Crippen molar-refractivity contribution in [1.82, 2.24) is 0 Å². The van der Waals surface area contributed by atoms with Gasteiger partial charge in [-0.3, -0.25) is 9.59 Å². The second-order valence-corrected chi connectivity index (χ2v) is 15.7. The van der Waals surface area contributed by atoms with Crippen LogP contribution in [0.4, 0.5) is 0 Å². The Bertz CT molecular complexity index is 1130. The molecule has 1 aliphatic rings. The van der Waals surface area contributed by atoms with Crippen LogP contribution in [0.1, 0.15) is 109 Å². The van der Waals surface area contributed by atoms with Gasteiger partial charge in [0.1, 0.15) is 11.5 Å². The molecule has 0 bridgehead atoms. The van der Waals surface area contributed by atoms with E-state index in [0.29, 0.717) is 42.7 Å². The third kappa shape index (κ3) is 13.5. The van der Waals surface area contributed by atoms with Crippen molar-refractivity contribution >= 4 is 27.1 Å². The summed E-state index contributed by atoms with van der Waals surface area (Å²) < 4.78 is 61.4. The summed E-state index contributed by atoms with van der Waals surface area (Å²) in [6.07, 6.45) is 11.0. The van der Waals surface area contributed by atoms with E-state index in [9.17, 15) is 18.7 Å². The number of allylic oxidation sites excluding steroid dienone is 2. The highest BCUT2D eigenvalue weighted by Gasteiger charge is 2.33. The Hall–Kier alpha value is -2.12. The quantitative estimate of drug-likeness (QED) is 0.0548. The average molecular weight is 659 g/mol. The fraction of sp³-hybridized carbons (Fsp3) is 0.688. The molecule has 250 valence electrons. The van der Waals surface area contributed by atoms with Gasteiger partial charge in [-0.25, -0.2) is 9.13 Å². The molecule has 3 unspecified atom stereocenters. The Morgan fingerprint density at radius 2 is 1.34 bits per heavy atom. The van der Waals surface area contributed by atoms with Gasteiger partial charge in [-0.05, 0) is 82.4 Å². The van der Waals surface area contributed by atoms with Crippen LogP contribution in [-0.2, 0) is 43.7 Å². The molecule has 1 aromatic rings. The summed E-state index contributed by atoms with van der Waals surface area (Å²) in [4.78, 5) is 22.2. The number of ether oxygens (including phenoxy) is 2. The lowest BCUT2D eigenvalue weighted by atomic mass is 9.84. The molecule has 0 saturated heterocycles. The van der Waals surface area contributed by atoms with Crippen molar-refractivity contribution in [2.45, 2.75) is 104 Å². The van der Waals surface area contributed by atoms with Gasteiger partial charge in [0.05, 0.1) is 25.5 Å². The van der Waals surface area contributed by atoms with E-state index in [1.54, 1.807) is 0 Å². The molecule has 1 aromatic carbocycles. The standard InChI is InChI=1S/C32H52O10P2/c1-7-8-9-16-28-23-30(41-43(35,37-5)20-12-10-18-39-26(3)33)32(29-17-14-15-25(2)22-29)31(24-28)42-44(36,38-6)21-13-11-19-40-27(4)34/h22-24,29H,7-21H2,1-6H3. The normalized spacial score (nSPS) is 17.6. The van der Waals surface area contributed by atoms with E-state index in [-0.39, 0.29) is 43.4 Å². The zero-order valence-corrected chi connectivity index (χ0v) is 29.2. The lowest BCUT2D eigenvalue weighted by Gasteiger charge is -2.28. The Kier molecular flexibility index (Phi) is 16.8. The van der Waals surface area contributed by atoms with Crippen molar-refractivity contribution in [2.75, 3.05) is 39.8 Å². The van der Waals surface area contributed by atoms with Gasteiger partial charge in [-0.2, -0.15) is 0 Å². The van der Waals surface area contributed by atoms with Gasteiger partial charge in [-0.15, -0.1) is 0 Å². The molecule has 1 aliphatic carbocycles. The van der Waals surface area contributed by atoms with E-state index in [1.165, 1.54) is 33.6 Å². The maximum Gasteiger partial charge on any atom is 0.378 e. The molecule has 0 aromatic heterocycles. The molecule has 0 saturated carbocycles. The Morgan fingerprint density at radius 3 is 1.77 bits per heavy atom. The molecule has 0 amide bonds. The number of esters is 2. The topological polar surface area (TPSA) is 124 Å². The van der Waals surface area contributed by atoms with E-state index in [0.717, 1.165) is 50.5 Å². The van der Waals surface area contributed by atoms with Crippen LogP contribution in [0.15, 0.2) is 23.8 Å². The Labute approximate surface area is 263 Å². The van der Waals surface area contributed by atoms with Crippen LogP contribution in [0.3, 0.4) is 0 Å². The second-order valence-electron chi connectivity index (χ2n) is 11.3. The molecule has 0 radical (unpaired) electrons. The largest absolute Gasteiger partial charge is 0.466 e. The maximum absolute atomic E-state index is 13.9. The highest BCUT2D eigenvalue weighted by molar-refractivity contribution is 7.54. The van der Waals surface area contributed by atoms with Gasteiger partial charge in [0.25, 0.3) is 0 Å². The minimum atomic E-state index is -3.60. The number of unbranched alkanes of at least 4 members (excludes halogenated alkanes) is 4. The summed E-state index contributed by atoms with van der Waals surface area (Å²) in [6, 6.07) is 3.83. The van der Waals surface area contributed by atoms with Gasteiger partial charge < -0.3 is 27.6 Å². The first kappa shape index (κ1) is 38.1. The highest BCUT2D eigenvalue weighted by atomic mass is 31.2. The minimum absolute atomic E-state index is 0.109. The van der Waals surface area contributed by atoms with Crippen LogP contribution in [-0.4, -0.2) is 51.7 Å². The SMILES string of the molecule is CCCCCc1cc(OP(=O)(CCCCOC(C)=O)OC)c(C2C=C(C)CCC2)c(OP(=O)(CCCCOC(C)=O)OC)c1. The lowest BCUT2D eigenvalue weighted by Crippen LogP contribution is -2.11. The predicted octanol–water partition coefficient (Wildman–Crippen LogP) is 8.76. The Balaban J connectivity index is 2.50. The van der Waals surface area contributed by atoms with Crippen molar-refractivity contribution in [3.63, 3.8) is 0 Å². The molecule has 10 nitrogen and oxygen atoms in total. The smallest absolute Gasteiger partial charge is 0.378 e. The van der Waals surface area contributed by atoms with Crippen LogP contribution in [0.2, 0.25) is 0 Å². The lowest BCUT2D eigenvalue weighted by molar-refractivity contribution is -0.142. The molecule has 0 heterocycles. The first-order valence-electron chi connectivity index (χ1n) is 15.7. The van der Waals surface area contributed by atoms with E-state index in [1.807, 2.05) is 12.1 Å². The van der Waals surface area contributed by atoms with E-state index in [2.05, 4.69) is 19.9 Å². The van der Waals surface area contributed by atoms with Crippen molar-refractivity contribution in [3.8, 4) is 11.5 Å². The van der Waals surface area contributed by atoms with Crippen LogP contribution in [0, 0.1) is 0 Å². The van der Waals surface area contributed by atoms with E-state index >= 15 is 0 Å². The summed E-state index contributed by atoms with van der Waals surface area (Å²) in [5.41, 5.74) is 2.82. The predicted molar refractivity (Wildman–Crippen MR) is 172 cm³/mol. The van der Waals surface area contributed by atoms with Crippen molar-refractivity contribution in [3.05, 3.63) is 34.9 Å². The molecule has 0 aliphatic heterocycles. The average Bonchev–Trinajstić information content (AvgIpc) is 2.96. The van der Waals surface area contributed by atoms with E-state index in [4.69, 9.17) is 27.6 Å². The third-order valence-electron chi connectivity index (χ3n) is 7.47. The van der Waals surface area contributed by atoms with Crippen LogP contribution >= 0.6 is 15.2 Å². The first-order valence-corrected chi connectivity index (χ1v) is 19.2. The number of carbonyl (C=O) groups excluding carboxylic acids is 2. The molecule has 3 atom stereocenters. The van der Waals surface area contributed by atoms with Gasteiger partial charge in [0.2, 0.25) is 0 Å². The number of hydrogen-bond acceptors (Lipinski definition) is 10. The van der Waals surface area contributed by atoms with Crippen molar-refractivity contribution in [1.29, 1.82) is 0 Å². The van der Waals surface area contributed by atoms with Crippen molar-refractivity contribution in [2.24, 2.45) is 0 Å². The zero-order chi connectivity index (χ0) is 32.6. The number of aryl methyl sites for hydroxylation is 1. The van der Waals surface area contributed by atoms with Gasteiger partial charge in [-0.1, -0.05) is 31.4 Å². The van der Waals surface area contributed by atoms with Gasteiger partial charge in [0, 0.05) is 39.5 Å². The molecule has 0 N–H and O–H groups in total. The number of rotatable bonds is 21. The summed E-state index contributed by atoms with van der Waals surface area (Å²) in [7, 11) is -4.46. The third-order valence-corrected chi connectivity index (χ3v) is 11.3. The Morgan fingerprint density at radius 1 is 0.818 bits per heavy atom. The molecule has 12 heteroatoms. The molecule has 0 fully saturated rings. The van der Waals surface area contributed by atoms with Gasteiger partial charge in [0.15, 0.2) is 0 Å². The molecule has 44 heavy (non-hydrogen) atoms. The molecular formula is C32H52O10P2. The van der Waals surface area contributed by atoms with E-state index < -0.39 is 15.2 Å². The summed E-state index contributed by atoms with van der Waals surface area (Å²) in [6.45, 7) is 7.38. The fourth-order valence-corrected chi connectivity index (χ4v) is 7.95. The summed E-state index contributed by atoms with van der Waals surface area (Å²) in [5, 5.41) is 0. The summed E-state index contributed by atoms with van der Waals surface area (Å²) >= 11 is 0. The second kappa shape index (κ2) is 19.4. The highest BCUT2D eigenvalue weighted by Crippen LogP contribution is 2.56. The monoisotopic (exact) mass is 658 g/mol. The fourth-order valence-electron chi connectivity index (χ4n) is 5.13. The van der Waals surface area contributed by atoms with Crippen LogP contribution in [0.25, 0.3) is 0 Å². The van der Waals surface area contributed by atoms with Crippen molar-refractivity contribution < 1.29 is 46.3 Å². The first-order chi connectivity index (χ1) is 20.9. The summed E-state index contributed by atoms with van der Waals surface area (Å²) in [5.74, 6) is -0.0362. The number of hydrogen-bond donors (Lipinski definition) is 0. The van der Waals surface area contributed by atoms with Crippen LogP contribution < -0.4 is 9.05 Å². The number of benzene rings is 1. The van der Waals surface area contributed by atoms with Gasteiger partial charge >= 0.3 is 27.1 Å².